The quantitative estimate of drug-likeness (QED) is 0.278. The van der Waals surface area contributed by atoms with Crippen molar-refractivity contribution in [2.45, 2.75) is 25.3 Å². The number of halogens is 3. The molecule has 0 amide bonds. The summed E-state index contributed by atoms with van der Waals surface area (Å²) in [6.07, 6.45) is 0. The van der Waals surface area contributed by atoms with Crippen LogP contribution in [0.3, 0.4) is 0 Å². The molecule has 0 aliphatic carbocycles. The van der Waals surface area contributed by atoms with Crippen LogP contribution in [0.25, 0.3) is 32.8 Å². The number of para-hydroxylation sites is 2. The number of H-pyrrole nitrogens is 1. The summed E-state index contributed by atoms with van der Waals surface area (Å²) in [6, 6.07) is 17.2. The van der Waals surface area contributed by atoms with E-state index >= 15 is 0 Å². The number of alkyl halides is 3. The summed E-state index contributed by atoms with van der Waals surface area (Å²) in [4.78, 5) is 3.64. The molecule has 0 bridgehead atoms. The number of hydrogen-bond acceptors (Lipinski definition) is 3. The number of fused-ring (bicyclic) bond motifs is 4. The van der Waals surface area contributed by atoms with Crippen LogP contribution in [0.2, 0.25) is 0 Å². The summed E-state index contributed by atoms with van der Waals surface area (Å²) < 4.78 is 61.2. The lowest BCUT2D eigenvalue weighted by Crippen LogP contribution is -2.30. The van der Waals surface area contributed by atoms with Gasteiger partial charge in [0.25, 0.3) is 0 Å². The normalized spacial score (nSPS) is 12.6. The Morgan fingerprint density at radius 2 is 1.52 bits per heavy atom. The first kappa shape index (κ1) is 21.1. The first-order chi connectivity index (χ1) is 13.4. The molecule has 154 valence electrons. The predicted octanol–water partition coefficient (Wildman–Crippen LogP) is 4.47. The molecule has 0 unspecified atom stereocenters. The van der Waals surface area contributed by atoms with E-state index in [4.69, 9.17) is 13.0 Å². The Kier molecular flexibility index (Phi) is 5.31. The third-order valence-electron chi connectivity index (χ3n) is 4.70. The topological polar surface area (TPSA) is 76.9 Å². The standard InChI is InChI=1S/C19H18N2.CHF3O3S/c1-12(2)17-14-9-5-7-11-16(14)21(3)19-13-8-4-6-10-15(13)20-18(17)19;2-1(3,4)8(5,6)7/h4-12H,1-3H3;(H,5,6,7). The van der Waals surface area contributed by atoms with Crippen LogP contribution >= 0.6 is 0 Å². The van der Waals surface area contributed by atoms with Crippen LogP contribution in [-0.2, 0) is 17.2 Å². The number of aromatic amines is 1. The molecular formula is C20H19F3N2O3S. The first-order valence-corrected chi connectivity index (χ1v) is 10.2. The zero-order chi connectivity index (χ0) is 21.6. The van der Waals surface area contributed by atoms with Gasteiger partial charge in [0.05, 0.1) is 16.3 Å². The van der Waals surface area contributed by atoms with Gasteiger partial charge in [0.15, 0.2) is 10.1 Å². The van der Waals surface area contributed by atoms with Gasteiger partial charge in [0.2, 0.25) is 11.0 Å². The highest BCUT2D eigenvalue weighted by Crippen LogP contribution is 2.33. The van der Waals surface area contributed by atoms with E-state index in [2.05, 4.69) is 79.0 Å². The molecule has 0 saturated carbocycles. The summed E-state index contributed by atoms with van der Waals surface area (Å²) in [5, 5.41) is 2.64. The molecule has 0 atom stereocenters. The van der Waals surface area contributed by atoms with E-state index in [1.807, 2.05) is 0 Å². The molecular weight excluding hydrogens is 405 g/mol. The van der Waals surface area contributed by atoms with Crippen LogP contribution in [0.4, 0.5) is 13.2 Å². The molecule has 5 nitrogen and oxygen atoms in total. The number of pyridine rings is 1. The van der Waals surface area contributed by atoms with Gasteiger partial charge in [0, 0.05) is 6.07 Å². The number of aryl methyl sites for hydroxylation is 1. The molecule has 2 aromatic carbocycles. The third kappa shape index (κ3) is 3.79. The van der Waals surface area contributed by atoms with Crippen LogP contribution in [-0.4, -0.2) is 23.5 Å². The van der Waals surface area contributed by atoms with Crippen molar-refractivity contribution in [2.75, 3.05) is 0 Å². The number of rotatable bonds is 1. The second kappa shape index (κ2) is 7.31. The average molecular weight is 424 g/mol. The summed E-state index contributed by atoms with van der Waals surface area (Å²) in [5.41, 5.74) is 0.835. The second-order valence-corrected chi connectivity index (χ2v) is 8.31. The molecule has 1 N–H and O–H groups in total. The van der Waals surface area contributed by atoms with E-state index in [1.54, 1.807) is 0 Å². The minimum absolute atomic E-state index is 0.478. The highest BCUT2D eigenvalue weighted by molar-refractivity contribution is 7.86. The number of nitrogens with one attached hydrogen (secondary N) is 1. The summed E-state index contributed by atoms with van der Waals surface area (Å²) in [7, 11) is -3.93. The number of benzene rings is 2. The maximum absolute atomic E-state index is 10.7. The Labute approximate surface area is 165 Å². The van der Waals surface area contributed by atoms with Crippen molar-refractivity contribution < 1.29 is 30.7 Å². The Morgan fingerprint density at radius 1 is 1.00 bits per heavy atom. The Balaban J connectivity index is 0.000000258. The van der Waals surface area contributed by atoms with Gasteiger partial charge < -0.3 is 9.54 Å². The summed E-state index contributed by atoms with van der Waals surface area (Å²) >= 11 is 0. The van der Waals surface area contributed by atoms with Gasteiger partial charge in [-0.3, -0.25) is 0 Å². The van der Waals surface area contributed by atoms with Crippen LogP contribution in [0.1, 0.15) is 25.3 Å². The molecule has 4 rings (SSSR count). The van der Waals surface area contributed by atoms with Gasteiger partial charge in [-0.15, -0.1) is 0 Å². The lowest BCUT2D eigenvalue weighted by atomic mass is 9.96. The van der Waals surface area contributed by atoms with Crippen molar-refractivity contribution >= 4 is 43.0 Å². The fraction of sp³-hybridized carbons (Fsp3) is 0.250. The van der Waals surface area contributed by atoms with Crippen molar-refractivity contribution in [1.82, 2.24) is 4.98 Å². The molecule has 2 aromatic heterocycles. The van der Waals surface area contributed by atoms with Crippen molar-refractivity contribution in [2.24, 2.45) is 7.05 Å². The second-order valence-electron chi connectivity index (χ2n) is 6.94. The molecule has 0 radical (unpaired) electrons. The molecule has 0 saturated heterocycles. The van der Waals surface area contributed by atoms with Gasteiger partial charge in [-0.05, 0) is 29.7 Å². The maximum atomic E-state index is 10.7. The largest absolute Gasteiger partial charge is 0.741 e. The fourth-order valence-electron chi connectivity index (χ4n) is 3.52. The molecule has 9 heteroatoms. The fourth-order valence-corrected chi connectivity index (χ4v) is 3.52. The Morgan fingerprint density at radius 3 is 2.07 bits per heavy atom. The van der Waals surface area contributed by atoms with Crippen molar-refractivity contribution in [3.05, 3.63) is 54.1 Å². The van der Waals surface area contributed by atoms with Crippen molar-refractivity contribution in [1.29, 1.82) is 0 Å². The molecule has 4 aromatic rings. The number of nitrogens with zero attached hydrogens (tertiary/aromatic N) is 1. The molecule has 0 fully saturated rings. The van der Waals surface area contributed by atoms with Gasteiger partial charge in [-0.2, -0.15) is 17.7 Å². The lowest BCUT2D eigenvalue weighted by Gasteiger charge is -2.10. The zero-order valence-corrected chi connectivity index (χ0v) is 16.7. The highest BCUT2D eigenvalue weighted by Gasteiger charge is 2.36. The highest BCUT2D eigenvalue weighted by atomic mass is 32.2. The number of hydrogen-bond donors (Lipinski definition) is 1. The van der Waals surface area contributed by atoms with E-state index in [9.17, 15) is 13.2 Å². The maximum Gasteiger partial charge on any atom is 0.485 e. The zero-order valence-electron chi connectivity index (χ0n) is 15.9. The minimum Gasteiger partial charge on any atom is -0.741 e. The average Bonchev–Trinajstić information content (AvgIpc) is 3.00. The molecule has 2 heterocycles. The van der Waals surface area contributed by atoms with Gasteiger partial charge >= 0.3 is 5.51 Å². The third-order valence-corrected chi connectivity index (χ3v) is 5.27. The minimum atomic E-state index is -6.09. The molecule has 0 aliphatic rings. The number of aromatic nitrogens is 2. The van der Waals surface area contributed by atoms with Gasteiger partial charge in [-0.25, -0.2) is 8.42 Å². The van der Waals surface area contributed by atoms with Crippen molar-refractivity contribution in [3.63, 3.8) is 0 Å². The Bertz CT molecular complexity index is 1310. The first-order valence-electron chi connectivity index (χ1n) is 8.76. The van der Waals surface area contributed by atoms with Gasteiger partial charge in [-0.1, -0.05) is 38.1 Å². The van der Waals surface area contributed by atoms with E-state index in [1.165, 1.54) is 38.4 Å². The van der Waals surface area contributed by atoms with E-state index in [0.29, 0.717) is 5.92 Å². The van der Waals surface area contributed by atoms with Crippen LogP contribution in [0.5, 0.6) is 0 Å². The lowest BCUT2D eigenvalue weighted by molar-refractivity contribution is -0.616. The molecule has 0 spiro atoms. The SMILES string of the molecule is CC(C)c1c2ccccc2[n+](C)c2c1[nH]c1ccccc12.O=S(=O)([O-])C(F)(F)F. The summed E-state index contributed by atoms with van der Waals surface area (Å²) in [5.74, 6) is 0.478. The molecule has 0 aliphatic heterocycles. The van der Waals surface area contributed by atoms with E-state index in [-0.39, 0.29) is 0 Å². The summed E-state index contributed by atoms with van der Waals surface area (Å²) in [6.45, 7) is 4.54. The van der Waals surface area contributed by atoms with Crippen LogP contribution < -0.4 is 4.57 Å². The Hall–Kier alpha value is -2.65. The van der Waals surface area contributed by atoms with Gasteiger partial charge in [0.1, 0.15) is 12.6 Å². The van der Waals surface area contributed by atoms with Crippen LogP contribution in [0, 0.1) is 0 Å². The smallest absolute Gasteiger partial charge is 0.485 e. The van der Waals surface area contributed by atoms with Crippen LogP contribution in [0.15, 0.2) is 48.5 Å². The predicted molar refractivity (Wildman–Crippen MR) is 104 cm³/mol. The molecule has 29 heavy (non-hydrogen) atoms. The van der Waals surface area contributed by atoms with E-state index in [0.717, 1.165) is 0 Å². The van der Waals surface area contributed by atoms with Crippen molar-refractivity contribution in [3.8, 4) is 0 Å². The van der Waals surface area contributed by atoms with E-state index < -0.39 is 15.6 Å². The monoisotopic (exact) mass is 424 g/mol.